The number of hydrogen-bond acceptors (Lipinski definition) is 16. The van der Waals surface area contributed by atoms with E-state index < -0.39 is 104 Å². The van der Waals surface area contributed by atoms with Gasteiger partial charge in [0.2, 0.25) is 5.91 Å². The van der Waals surface area contributed by atoms with Crippen molar-refractivity contribution in [2.75, 3.05) is 26.2 Å². The second kappa shape index (κ2) is 15.6. The Morgan fingerprint density at radius 1 is 0.886 bits per heavy atom. The van der Waals surface area contributed by atoms with Crippen LogP contribution in [-0.2, 0) is 23.7 Å². The SMILES string of the molecule is NCC[C@H](O)C(=O)N[C@@H]1C[C@@H](N)[C@@H](O[C@@H]2O[C@H](CN)[C@@H](O)[C@H](O)[C@H]2O)[C@H](F)[C@@H]1O[C@@H]1O[C@@H](CNCC2CC2)[C@H](O)[C@@H](N)[C@@H]1O. The van der Waals surface area contributed by atoms with Crippen molar-refractivity contribution < 1.29 is 58.8 Å². The lowest BCUT2D eigenvalue weighted by Crippen LogP contribution is -2.69. The van der Waals surface area contributed by atoms with Crippen molar-refractivity contribution >= 4 is 5.91 Å². The maximum Gasteiger partial charge on any atom is 0.249 e. The average Bonchev–Trinajstić information content (AvgIpc) is 3.82. The summed E-state index contributed by atoms with van der Waals surface area (Å²) in [6, 6.07) is -3.53. The van der Waals surface area contributed by atoms with Crippen LogP contribution in [0.15, 0.2) is 0 Å². The maximum absolute atomic E-state index is 16.4. The van der Waals surface area contributed by atoms with E-state index in [4.69, 9.17) is 41.9 Å². The van der Waals surface area contributed by atoms with Crippen LogP contribution in [0.25, 0.3) is 0 Å². The second-order valence-corrected chi connectivity index (χ2v) is 12.2. The molecule has 4 aliphatic rings. The molecule has 2 aliphatic heterocycles. The first-order valence-corrected chi connectivity index (χ1v) is 15.1. The molecule has 2 saturated heterocycles. The van der Waals surface area contributed by atoms with Crippen molar-refractivity contribution in [3.05, 3.63) is 0 Å². The molecule has 0 aromatic heterocycles. The second-order valence-electron chi connectivity index (χ2n) is 12.2. The lowest BCUT2D eigenvalue weighted by Gasteiger charge is -2.48. The Morgan fingerprint density at radius 2 is 1.52 bits per heavy atom. The van der Waals surface area contributed by atoms with Crippen molar-refractivity contribution in [1.29, 1.82) is 0 Å². The van der Waals surface area contributed by atoms with Crippen molar-refractivity contribution in [3.8, 4) is 0 Å². The van der Waals surface area contributed by atoms with Gasteiger partial charge in [-0.15, -0.1) is 0 Å². The first-order valence-electron chi connectivity index (χ1n) is 15.1. The van der Waals surface area contributed by atoms with Gasteiger partial charge in [0, 0.05) is 19.1 Å². The van der Waals surface area contributed by atoms with Crippen LogP contribution in [0.2, 0.25) is 0 Å². The van der Waals surface area contributed by atoms with Crippen LogP contribution >= 0.6 is 0 Å². The van der Waals surface area contributed by atoms with Crippen LogP contribution in [0, 0.1) is 5.92 Å². The summed E-state index contributed by atoms with van der Waals surface area (Å²) in [4.78, 5) is 12.7. The molecule has 2 heterocycles. The van der Waals surface area contributed by atoms with E-state index >= 15 is 4.39 Å². The molecule has 2 aliphatic carbocycles. The summed E-state index contributed by atoms with van der Waals surface area (Å²) >= 11 is 0. The Morgan fingerprint density at radius 3 is 2.16 bits per heavy atom. The van der Waals surface area contributed by atoms with E-state index in [1.807, 2.05) is 0 Å². The van der Waals surface area contributed by atoms with Crippen LogP contribution in [0.3, 0.4) is 0 Å². The highest BCUT2D eigenvalue weighted by atomic mass is 19.1. The summed E-state index contributed by atoms with van der Waals surface area (Å²) < 4.78 is 39.4. The first-order chi connectivity index (χ1) is 20.9. The fourth-order valence-electron chi connectivity index (χ4n) is 5.79. The molecule has 0 radical (unpaired) electrons. The third kappa shape index (κ3) is 8.20. The van der Waals surface area contributed by atoms with Crippen molar-refractivity contribution in [3.63, 3.8) is 0 Å². The first kappa shape index (κ1) is 35.7. The molecule has 2 saturated carbocycles. The summed E-state index contributed by atoms with van der Waals surface area (Å²) in [6.45, 7) is 0.641. The highest BCUT2D eigenvalue weighted by Gasteiger charge is 2.53. The van der Waals surface area contributed by atoms with E-state index in [9.17, 15) is 35.4 Å². The number of ether oxygens (including phenoxy) is 4. The topological polar surface area (TPSA) is 304 Å². The molecule has 0 aromatic carbocycles. The van der Waals surface area contributed by atoms with Gasteiger partial charge in [-0.3, -0.25) is 4.79 Å². The lowest BCUT2D eigenvalue weighted by atomic mass is 9.84. The summed E-state index contributed by atoms with van der Waals surface area (Å²) in [5.74, 6) is -0.325. The van der Waals surface area contributed by atoms with Crippen LogP contribution in [0.1, 0.15) is 25.7 Å². The number of alkyl halides is 1. The standard InChI is InChI=1S/C26H49FN6O11/c27-15-22(43-26-21(39)20(38)18(36)13(6-29)41-26)10(30)5-11(33-24(40)12(34)3-4-28)23(15)44-25-19(37)16(31)17(35)14(42-25)8-32-7-9-1-2-9/h9-23,25-26,32,34-39H,1-8,28-31H2,(H,33,40)/t10-,11-,12+,13-,14+,15+,16-,17+,18-,19+,20+,21-,22-,23-,25+,26+/m1/s1. The number of rotatable bonds is 13. The number of amides is 1. The van der Waals surface area contributed by atoms with Gasteiger partial charge in [-0.1, -0.05) is 0 Å². The maximum atomic E-state index is 16.4. The Kier molecular flexibility index (Phi) is 12.6. The monoisotopic (exact) mass is 640 g/mol. The number of carbonyl (C=O) groups excluding carboxylic acids is 1. The Labute approximate surface area is 254 Å². The van der Waals surface area contributed by atoms with Gasteiger partial charge < -0.3 is 83.2 Å². The van der Waals surface area contributed by atoms with Crippen molar-refractivity contribution in [2.24, 2.45) is 28.9 Å². The van der Waals surface area contributed by atoms with Gasteiger partial charge in [0.25, 0.3) is 0 Å². The highest BCUT2D eigenvalue weighted by molar-refractivity contribution is 5.80. The van der Waals surface area contributed by atoms with Gasteiger partial charge >= 0.3 is 0 Å². The number of nitrogens with two attached hydrogens (primary N) is 4. The zero-order chi connectivity index (χ0) is 32.3. The molecule has 4 fully saturated rings. The third-order valence-corrected chi connectivity index (χ3v) is 8.76. The summed E-state index contributed by atoms with van der Waals surface area (Å²) in [5.41, 5.74) is 23.4. The molecule has 1 amide bonds. The molecule has 0 bridgehead atoms. The van der Waals surface area contributed by atoms with Gasteiger partial charge in [-0.2, -0.15) is 0 Å². The molecule has 17 nitrogen and oxygen atoms in total. The molecule has 0 spiro atoms. The van der Waals surface area contributed by atoms with E-state index in [0.717, 1.165) is 12.8 Å². The molecule has 16 N–H and O–H groups in total. The molecular formula is C26H49FN6O11. The van der Waals surface area contributed by atoms with E-state index in [-0.39, 0.29) is 32.5 Å². The van der Waals surface area contributed by atoms with E-state index in [1.165, 1.54) is 0 Å². The third-order valence-electron chi connectivity index (χ3n) is 8.76. The molecule has 4 rings (SSSR count). The minimum Gasteiger partial charge on any atom is -0.389 e. The van der Waals surface area contributed by atoms with Gasteiger partial charge in [-0.05, 0) is 44.7 Å². The number of halogens is 1. The molecule has 16 atom stereocenters. The number of hydrogen-bond donors (Lipinski definition) is 12. The molecule has 256 valence electrons. The molecule has 18 heteroatoms. The smallest absolute Gasteiger partial charge is 0.249 e. The predicted octanol–water partition coefficient (Wildman–Crippen LogP) is -6.44. The van der Waals surface area contributed by atoms with E-state index in [1.54, 1.807) is 0 Å². The quantitative estimate of drug-likeness (QED) is 0.0890. The Bertz CT molecular complexity index is 928. The largest absolute Gasteiger partial charge is 0.389 e. The molecular weight excluding hydrogens is 591 g/mol. The lowest BCUT2D eigenvalue weighted by molar-refractivity contribution is -0.326. The van der Waals surface area contributed by atoms with Gasteiger partial charge in [0.1, 0.15) is 54.9 Å². The fourth-order valence-corrected chi connectivity index (χ4v) is 5.79. The minimum atomic E-state index is -2.17. The van der Waals surface area contributed by atoms with Crippen LogP contribution in [-0.4, -0.2) is 161 Å². The zero-order valence-corrected chi connectivity index (χ0v) is 24.4. The minimum absolute atomic E-state index is 0.00684. The highest BCUT2D eigenvalue weighted by Crippen LogP contribution is 2.33. The van der Waals surface area contributed by atoms with Gasteiger partial charge in [-0.25, -0.2) is 4.39 Å². The number of nitrogens with one attached hydrogen (secondary N) is 2. The Balaban J connectivity index is 1.53. The van der Waals surface area contributed by atoms with Gasteiger partial charge in [0.05, 0.1) is 18.2 Å². The van der Waals surface area contributed by atoms with E-state index in [0.29, 0.717) is 12.5 Å². The molecule has 0 aromatic rings. The van der Waals surface area contributed by atoms with E-state index in [2.05, 4.69) is 10.6 Å². The van der Waals surface area contributed by atoms with Crippen molar-refractivity contribution in [2.45, 2.75) is 124 Å². The summed E-state index contributed by atoms with van der Waals surface area (Å²) in [5, 5.41) is 68.1. The summed E-state index contributed by atoms with van der Waals surface area (Å²) in [6.07, 6.45) is -18.0. The van der Waals surface area contributed by atoms with Gasteiger partial charge in [0.15, 0.2) is 18.8 Å². The van der Waals surface area contributed by atoms with Crippen LogP contribution in [0.5, 0.6) is 0 Å². The average molecular weight is 641 g/mol. The summed E-state index contributed by atoms with van der Waals surface area (Å²) in [7, 11) is 0. The van der Waals surface area contributed by atoms with Crippen LogP contribution < -0.4 is 33.6 Å². The normalized spacial score (nSPS) is 45.6. The van der Waals surface area contributed by atoms with Crippen LogP contribution in [0.4, 0.5) is 4.39 Å². The fraction of sp³-hybridized carbons (Fsp3) is 0.962. The Hall–Kier alpha value is -1.20. The predicted molar refractivity (Wildman–Crippen MR) is 149 cm³/mol. The number of carbonyl (C=O) groups is 1. The van der Waals surface area contributed by atoms with Crippen molar-refractivity contribution in [1.82, 2.24) is 10.6 Å². The zero-order valence-electron chi connectivity index (χ0n) is 24.4. The molecule has 0 unspecified atom stereocenters. The number of aliphatic hydroxyl groups is 6. The molecule has 44 heavy (non-hydrogen) atoms. The number of aliphatic hydroxyl groups excluding tert-OH is 6.